The van der Waals surface area contributed by atoms with E-state index in [-0.39, 0.29) is 5.91 Å². The molecule has 0 bridgehead atoms. The van der Waals surface area contributed by atoms with Crippen LogP contribution in [0.2, 0.25) is 5.02 Å². The predicted molar refractivity (Wildman–Crippen MR) is 157 cm³/mol. The highest BCUT2D eigenvalue weighted by molar-refractivity contribution is 6.30. The number of hydrazone groups is 1. The van der Waals surface area contributed by atoms with Gasteiger partial charge in [-0.05, 0) is 47.5 Å². The fourth-order valence-corrected chi connectivity index (χ4v) is 4.54. The molecule has 0 heterocycles. The van der Waals surface area contributed by atoms with Crippen molar-refractivity contribution in [1.29, 1.82) is 0 Å². The zero-order valence-corrected chi connectivity index (χ0v) is 23.1. The number of unbranched alkanes of at least 4 members (excludes halogenated alkanes) is 10. The number of benzene rings is 3. The minimum atomic E-state index is -0.493. The maximum atomic E-state index is 12.7. The summed E-state index contributed by atoms with van der Waals surface area (Å²) in [5.41, 5.74) is 3.64. The minimum Gasteiger partial charge on any atom is -0.422 e. The van der Waals surface area contributed by atoms with E-state index in [1.165, 1.54) is 57.8 Å². The molecule has 1 N–H and O–H groups in total. The van der Waals surface area contributed by atoms with Crippen LogP contribution in [-0.2, 0) is 4.79 Å². The molecule has 5 nitrogen and oxygen atoms in total. The number of carbonyl (C=O) groups excluding carboxylic acids is 2. The molecule has 6 heteroatoms. The summed E-state index contributed by atoms with van der Waals surface area (Å²) in [6, 6.07) is 17.9. The predicted octanol–water partition coefficient (Wildman–Crippen LogP) is 8.86. The molecule has 0 aliphatic heterocycles. The van der Waals surface area contributed by atoms with Crippen molar-refractivity contribution in [3.63, 3.8) is 0 Å². The maximum Gasteiger partial charge on any atom is 0.343 e. The Morgan fingerprint density at radius 2 is 1.45 bits per heavy atom. The highest BCUT2D eigenvalue weighted by Crippen LogP contribution is 2.27. The number of amides is 1. The van der Waals surface area contributed by atoms with Crippen LogP contribution in [0.4, 0.5) is 0 Å². The Kier molecular flexibility index (Phi) is 12.8. The van der Waals surface area contributed by atoms with Crippen molar-refractivity contribution in [2.24, 2.45) is 5.10 Å². The van der Waals surface area contributed by atoms with E-state index in [9.17, 15) is 9.59 Å². The molecule has 0 atom stereocenters. The van der Waals surface area contributed by atoms with E-state index < -0.39 is 5.97 Å². The molecule has 3 aromatic rings. The van der Waals surface area contributed by atoms with E-state index in [4.69, 9.17) is 16.3 Å². The fourth-order valence-electron chi connectivity index (χ4n) is 4.42. The summed E-state index contributed by atoms with van der Waals surface area (Å²) in [4.78, 5) is 25.0. The van der Waals surface area contributed by atoms with Crippen molar-refractivity contribution < 1.29 is 14.3 Å². The van der Waals surface area contributed by atoms with Gasteiger partial charge in [0, 0.05) is 17.0 Å². The molecule has 202 valence electrons. The highest BCUT2D eigenvalue weighted by atomic mass is 35.5. The van der Waals surface area contributed by atoms with Gasteiger partial charge in [0.25, 0.3) is 0 Å². The van der Waals surface area contributed by atoms with E-state index in [1.807, 2.05) is 30.3 Å². The number of carbonyl (C=O) groups is 2. The monoisotopic (exact) mass is 534 g/mol. The number of hydrogen-bond donors (Lipinski definition) is 1. The minimum absolute atomic E-state index is 0.114. The summed E-state index contributed by atoms with van der Waals surface area (Å²) in [7, 11) is 0. The van der Waals surface area contributed by atoms with Gasteiger partial charge in [0.2, 0.25) is 5.91 Å². The fraction of sp³-hybridized carbons (Fsp3) is 0.406. The lowest BCUT2D eigenvalue weighted by Crippen LogP contribution is -2.17. The topological polar surface area (TPSA) is 67.8 Å². The highest BCUT2D eigenvalue weighted by Gasteiger charge is 2.13. The smallest absolute Gasteiger partial charge is 0.343 e. The summed E-state index contributed by atoms with van der Waals surface area (Å²) < 4.78 is 5.70. The van der Waals surface area contributed by atoms with Crippen LogP contribution in [0, 0.1) is 0 Å². The van der Waals surface area contributed by atoms with E-state index in [0.29, 0.717) is 28.3 Å². The van der Waals surface area contributed by atoms with E-state index in [2.05, 4.69) is 17.5 Å². The van der Waals surface area contributed by atoms with Gasteiger partial charge in [-0.2, -0.15) is 5.10 Å². The lowest BCUT2D eigenvalue weighted by atomic mass is 10.0. The van der Waals surface area contributed by atoms with Crippen LogP contribution in [0.15, 0.2) is 65.8 Å². The largest absolute Gasteiger partial charge is 0.422 e. The van der Waals surface area contributed by atoms with Gasteiger partial charge in [-0.25, -0.2) is 10.2 Å². The van der Waals surface area contributed by atoms with Gasteiger partial charge in [0.15, 0.2) is 0 Å². The van der Waals surface area contributed by atoms with Crippen LogP contribution in [-0.4, -0.2) is 18.1 Å². The number of rotatable bonds is 16. The number of nitrogens with one attached hydrogen (secondary N) is 1. The summed E-state index contributed by atoms with van der Waals surface area (Å²) in [5.74, 6) is -0.240. The second-order valence-electron chi connectivity index (χ2n) is 9.67. The first-order valence-corrected chi connectivity index (χ1v) is 14.3. The number of fused-ring (bicyclic) bond motifs is 1. The molecule has 3 rings (SSSR count). The number of esters is 1. The Bertz CT molecular complexity index is 1190. The molecule has 3 aromatic carbocycles. The summed E-state index contributed by atoms with van der Waals surface area (Å²) in [5, 5.41) is 6.58. The molecular weight excluding hydrogens is 496 g/mol. The van der Waals surface area contributed by atoms with Crippen LogP contribution in [0.3, 0.4) is 0 Å². The van der Waals surface area contributed by atoms with Crippen LogP contribution in [0.1, 0.15) is 99.9 Å². The first-order chi connectivity index (χ1) is 18.6. The lowest BCUT2D eigenvalue weighted by Gasteiger charge is -2.10. The van der Waals surface area contributed by atoms with Gasteiger partial charge < -0.3 is 4.74 Å². The quantitative estimate of drug-likeness (QED) is 0.0655. The van der Waals surface area contributed by atoms with Gasteiger partial charge in [-0.15, -0.1) is 0 Å². The zero-order chi connectivity index (χ0) is 27.0. The standard InChI is InChI=1S/C32H39ClN2O3/c1-2-3-4-5-6-7-8-9-10-11-12-17-31(36)35-34-24-29-28-16-14-13-15-25(28)20-23-30(29)38-32(37)26-18-21-27(33)22-19-26/h13-16,18-24H,2-12,17H2,1H3,(H,35,36). The number of ether oxygens (including phenoxy) is 1. The molecular formula is C32H39ClN2O3. The SMILES string of the molecule is CCCCCCCCCCCCCC(=O)NN=Cc1c(OC(=O)c2ccc(Cl)cc2)ccc2ccccc12. The number of hydrogen-bond acceptors (Lipinski definition) is 4. The van der Waals surface area contributed by atoms with E-state index in [1.54, 1.807) is 36.5 Å². The molecule has 0 spiro atoms. The van der Waals surface area contributed by atoms with Crippen LogP contribution < -0.4 is 10.2 Å². The second kappa shape index (κ2) is 16.6. The molecule has 0 aromatic heterocycles. The van der Waals surface area contributed by atoms with E-state index >= 15 is 0 Å². The molecule has 0 aliphatic rings. The van der Waals surface area contributed by atoms with Crippen LogP contribution >= 0.6 is 11.6 Å². The van der Waals surface area contributed by atoms with Gasteiger partial charge in [-0.1, -0.05) is 113 Å². The summed E-state index contributed by atoms with van der Waals surface area (Å²) >= 11 is 5.93. The second-order valence-corrected chi connectivity index (χ2v) is 10.1. The number of nitrogens with zero attached hydrogens (tertiary/aromatic N) is 1. The van der Waals surface area contributed by atoms with Crippen molar-refractivity contribution in [2.75, 3.05) is 0 Å². The van der Waals surface area contributed by atoms with Crippen molar-refractivity contribution in [3.8, 4) is 5.75 Å². The first kappa shape index (κ1) is 29.4. The van der Waals surface area contributed by atoms with Crippen molar-refractivity contribution in [3.05, 3.63) is 76.8 Å². The third-order valence-electron chi connectivity index (χ3n) is 6.60. The van der Waals surface area contributed by atoms with Gasteiger partial charge >= 0.3 is 5.97 Å². The molecule has 0 radical (unpaired) electrons. The normalized spacial score (nSPS) is 11.2. The Balaban J connectivity index is 1.48. The van der Waals surface area contributed by atoms with Gasteiger partial charge in [-0.3, -0.25) is 4.79 Å². The molecule has 0 unspecified atom stereocenters. The zero-order valence-electron chi connectivity index (χ0n) is 22.4. The van der Waals surface area contributed by atoms with Gasteiger partial charge in [0.1, 0.15) is 5.75 Å². The van der Waals surface area contributed by atoms with Gasteiger partial charge in [0.05, 0.1) is 11.8 Å². The molecule has 1 amide bonds. The molecule has 0 saturated carbocycles. The van der Waals surface area contributed by atoms with Crippen molar-refractivity contribution in [2.45, 2.75) is 84.0 Å². The summed E-state index contributed by atoms with van der Waals surface area (Å²) in [6.07, 6.45) is 15.7. The Morgan fingerprint density at radius 3 is 2.13 bits per heavy atom. The third-order valence-corrected chi connectivity index (χ3v) is 6.86. The summed E-state index contributed by atoms with van der Waals surface area (Å²) in [6.45, 7) is 2.25. The Labute approximate surface area is 231 Å². The number of halogens is 1. The average molecular weight is 535 g/mol. The Morgan fingerprint density at radius 1 is 0.816 bits per heavy atom. The van der Waals surface area contributed by atoms with Crippen molar-refractivity contribution >= 4 is 40.5 Å². The average Bonchev–Trinajstić information content (AvgIpc) is 2.93. The third kappa shape index (κ3) is 9.94. The van der Waals surface area contributed by atoms with Crippen molar-refractivity contribution in [1.82, 2.24) is 5.43 Å². The van der Waals surface area contributed by atoms with E-state index in [0.717, 1.165) is 23.6 Å². The lowest BCUT2D eigenvalue weighted by molar-refractivity contribution is -0.121. The molecule has 0 aliphatic carbocycles. The molecule has 0 saturated heterocycles. The molecule has 0 fully saturated rings. The van der Waals surface area contributed by atoms with Crippen LogP contribution in [0.25, 0.3) is 10.8 Å². The van der Waals surface area contributed by atoms with Crippen LogP contribution in [0.5, 0.6) is 5.75 Å². The Hall–Kier alpha value is -3.18. The first-order valence-electron chi connectivity index (χ1n) is 13.9. The maximum absolute atomic E-state index is 12.7. The molecule has 38 heavy (non-hydrogen) atoms.